The SMILES string of the molecule is CCOc1ccc(C2C(C(=O)c3cc4cccc(OC)c4o3)=C(O)C(=O)N2c2cccc(Cl)c2)cc1. The molecule has 3 aromatic carbocycles. The highest BCUT2D eigenvalue weighted by Gasteiger charge is 2.45. The van der Waals surface area contributed by atoms with Crippen LogP contribution in [0.5, 0.6) is 11.5 Å². The first kappa shape index (κ1) is 23.5. The second-order valence-corrected chi connectivity index (χ2v) is 8.58. The van der Waals surface area contributed by atoms with Crippen LogP contribution in [-0.2, 0) is 4.79 Å². The molecule has 1 amide bonds. The second kappa shape index (κ2) is 9.43. The number of furan rings is 1. The molecule has 0 saturated carbocycles. The van der Waals surface area contributed by atoms with Crippen molar-refractivity contribution in [3.63, 3.8) is 0 Å². The molecule has 0 fully saturated rings. The molecule has 182 valence electrons. The average molecular weight is 504 g/mol. The van der Waals surface area contributed by atoms with Gasteiger partial charge in [-0.15, -0.1) is 0 Å². The van der Waals surface area contributed by atoms with Crippen molar-refractivity contribution in [3.8, 4) is 11.5 Å². The van der Waals surface area contributed by atoms with Gasteiger partial charge in [-0.3, -0.25) is 14.5 Å². The van der Waals surface area contributed by atoms with Crippen LogP contribution in [0, 0.1) is 0 Å². The highest BCUT2D eigenvalue weighted by molar-refractivity contribution is 6.31. The van der Waals surface area contributed by atoms with Gasteiger partial charge in [-0.1, -0.05) is 41.9 Å². The van der Waals surface area contributed by atoms with Gasteiger partial charge in [-0.05, 0) is 55.0 Å². The van der Waals surface area contributed by atoms with E-state index in [0.717, 1.165) is 0 Å². The number of methoxy groups -OCH3 is 1. The van der Waals surface area contributed by atoms with Crippen molar-refractivity contribution in [2.45, 2.75) is 13.0 Å². The Morgan fingerprint density at radius 2 is 1.83 bits per heavy atom. The highest BCUT2D eigenvalue weighted by Crippen LogP contribution is 2.43. The number of carbonyl (C=O) groups excluding carboxylic acids is 2. The Morgan fingerprint density at radius 3 is 2.53 bits per heavy atom. The first-order valence-electron chi connectivity index (χ1n) is 11.3. The zero-order valence-corrected chi connectivity index (χ0v) is 20.3. The van der Waals surface area contributed by atoms with E-state index in [9.17, 15) is 14.7 Å². The van der Waals surface area contributed by atoms with Gasteiger partial charge in [-0.2, -0.15) is 0 Å². The Hall–Kier alpha value is -4.23. The van der Waals surface area contributed by atoms with Crippen LogP contribution < -0.4 is 14.4 Å². The van der Waals surface area contributed by atoms with Crippen LogP contribution in [0.1, 0.15) is 29.1 Å². The maximum Gasteiger partial charge on any atom is 0.294 e. The van der Waals surface area contributed by atoms with Gasteiger partial charge in [0, 0.05) is 16.1 Å². The fourth-order valence-corrected chi connectivity index (χ4v) is 4.58. The predicted molar refractivity (Wildman–Crippen MR) is 136 cm³/mol. The number of benzene rings is 3. The molecule has 4 aromatic rings. The summed E-state index contributed by atoms with van der Waals surface area (Å²) in [5.74, 6) is -0.879. The molecule has 5 rings (SSSR count). The Labute approximate surface area is 212 Å². The van der Waals surface area contributed by atoms with Crippen molar-refractivity contribution in [2.24, 2.45) is 0 Å². The maximum atomic E-state index is 13.8. The largest absolute Gasteiger partial charge is 0.503 e. The normalized spacial score (nSPS) is 15.6. The Balaban J connectivity index is 1.64. The molecule has 7 nitrogen and oxygen atoms in total. The summed E-state index contributed by atoms with van der Waals surface area (Å²) in [6.07, 6.45) is 0. The molecule has 8 heteroatoms. The maximum absolute atomic E-state index is 13.8. The molecule has 0 bridgehead atoms. The minimum atomic E-state index is -0.922. The quantitative estimate of drug-likeness (QED) is 0.299. The number of aliphatic hydroxyl groups is 1. The first-order valence-corrected chi connectivity index (χ1v) is 11.7. The van der Waals surface area contributed by atoms with Crippen LogP contribution in [0.3, 0.4) is 0 Å². The summed E-state index contributed by atoms with van der Waals surface area (Å²) in [6, 6.07) is 19.6. The zero-order valence-electron chi connectivity index (χ0n) is 19.5. The lowest BCUT2D eigenvalue weighted by Gasteiger charge is -2.27. The number of hydrogen-bond acceptors (Lipinski definition) is 6. The summed E-state index contributed by atoms with van der Waals surface area (Å²) in [4.78, 5) is 28.5. The predicted octanol–water partition coefficient (Wildman–Crippen LogP) is 6.28. The number of amides is 1. The molecule has 36 heavy (non-hydrogen) atoms. The number of rotatable bonds is 7. The van der Waals surface area contributed by atoms with Crippen molar-refractivity contribution in [1.82, 2.24) is 0 Å². The van der Waals surface area contributed by atoms with Crippen molar-refractivity contribution in [2.75, 3.05) is 18.6 Å². The van der Waals surface area contributed by atoms with Gasteiger partial charge in [-0.25, -0.2) is 0 Å². The fraction of sp³-hybridized carbons (Fsp3) is 0.143. The molecular formula is C28H22ClNO6. The van der Waals surface area contributed by atoms with E-state index in [-0.39, 0.29) is 11.3 Å². The number of anilines is 1. The monoisotopic (exact) mass is 503 g/mol. The van der Waals surface area contributed by atoms with Crippen LogP contribution in [0.25, 0.3) is 11.0 Å². The minimum Gasteiger partial charge on any atom is -0.503 e. The molecule has 1 unspecified atom stereocenters. The molecule has 2 heterocycles. The number of nitrogens with zero attached hydrogens (tertiary/aromatic N) is 1. The van der Waals surface area contributed by atoms with Gasteiger partial charge in [0.25, 0.3) is 5.91 Å². The molecule has 0 saturated heterocycles. The van der Waals surface area contributed by atoms with E-state index in [1.165, 1.54) is 12.0 Å². The molecule has 0 radical (unpaired) electrons. The molecule has 1 aromatic heterocycles. The van der Waals surface area contributed by atoms with E-state index in [1.54, 1.807) is 72.8 Å². The summed E-state index contributed by atoms with van der Waals surface area (Å²) >= 11 is 6.20. The number of hydrogen-bond donors (Lipinski definition) is 1. The van der Waals surface area contributed by atoms with Crippen LogP contribution in [0.4, 0.5) is 5.69 Å². The summed E-state index contributed by atoms with van der Waals surface area (Å²) < 4.78 is 16.7. The summed E-state index contributed by atoms with van der Waals surface area (Å²) in [5.41, 5.74) is 1.35. The van der Waals surface area contributed by atoms with Gasteiger partial charge in [0.05, 0.1) is 25.3 Å². The van der Waals surface area contributed by atoms with E-state index in [1.807, 2.05) is 6.92 Å². The number of Topliss-reactive ketones (excluding diaryl/α,β-unsaturated/α-hetero) is 1. The summed E-state index contributed by atoms with van der Waals surface area (Å²) in [5, 5.41) is 12.1. The number of aliphatic hydroxyl groups excluding tert-OH is 1. The van der Waals surface area contributed by atoms with Gasteiger partial charge in [0.15, 0.2) is 22.9 Å². The number of carbonyl (C=O) groups is 2. The van der Waals surface area contributed by atoms with Crippen LogP contribution in [0.15, 0.2) is 88.5 Å². The Bertz CT molecular complexity index is 1500. The third-order valence-electron chi connectivity index (χ3n) is 6.00. The highest BCUT2D eigenvalue weighted by atomic mass is 35.5. The van der Waals surface area contributed by atoms with E-state index in [0.29, 0.717) is 45.3 Å². The molecule has 0 spiro atoms. The van der Waals surface area contributed by atoms with E-state index in [4.69, 9.17) is 25.5 Å². The van der Waals surface area contributed by atoms with Crippen LogP contribution >= 0.6 is 11.6 Å². The third-order valence-corrected chi connectivity index (χ3v) is 6.23. The number of para-hydroxylation sites is 1. The van der Waals surface area contributed by atoms with Gasteiger partial charge in [0.1, 0.15) is 5.75 Å². The Kier molecular flexibility index (Phi) is 6.16. The molecule has 1 N–H and O–H groups in total. The van der Waals surface area contributed by atoms with Crippen molar-refractivity contribution in [3.05, 3.63) is 100 Å². The van der Waals surface area contributed by atoms with Gasteiger partial charge < -0.3 is 19.0 Å². The Morgan fingerprint density at radius 1 is 1.08 bits per heavy atom. The first-order chi connectivity index (χ1) is 17.4. The standard InChI is InChI=1S/C28H22ClNO6/c1-3-35-20-12-10-16(11-13-20)24-23(26(32)28(33)30(24)19-8-5-7-18(29)15-19)25(31)22-14-17-6-4-9-21(34-2)27(17)36-22/h4-15,24,32H,3H2,1-2H3. The van der Waals surface area contributed by atoms with E-state index >= 15 is 0 Å². The second-order valence-electron chi connectivity index (χ2n) is 8.14. The van der Waals surface area contributed by atoms with Gasteiger partial charge >= 0.3 is 0 Å². The molecular weight excluding hydrogens is 482 g/mol. The minimum absolute atomic E-state index is 0.0206. The number of ketones is 1. The smallest absolute Gasteiger partial charge is 0.294 e. The summed E-state index contributed by atoms with van der Waals surface area (Å²) in [7, 11) is 1.51. The lowest BCUT2D eigenvalue weighted by atomic mass is 9.94. The van der Waals surface area contributed by atoms with E-state index < -0.39 is 23.5 Å². The molecule has 1 aliphatic rings. The summed E-state index contributed by atoms with van der Waals surface area (Å²) in [6.45, 7) is 2.38. The van der Waals surface area contributed by atoms with Crippen LogP contribution in [-0.4, -0.2) is 30.5 Å². The van der Waals surface area contributed by atoms with Crippen molar-refractivity contribution in [1.29, 1.82) is 0 Å². The van der Waals surface area contributed by atoms with Crippen molar-refractivity contribution < 1.29 is 28.6 Å². The number of fused-ring (bicyclic) bond motifs is 1. The number of halogens is 1. The fourth-order valence-electron chi connectivity index (χ4n) is 4.40. The number of ether oxygens (including phenoxy) is 2. The molecule has 1 aliphatic heterocycles. The van der Waals surface area contributed by atoms with Crippen molar-refractivity contribution >= 4 is 39.9 Å². The molecule has 1 atom stereocenters. The lowest BCUT2D eigenvalue weighted by molar-refractivity contribution is -0.117. The lowest BCUT2D eigenvalue weighted by Crippen LogP contribution is -2.31. The van der Waals surface area contributed by atoms with E-state index in [2.05, 4.69) is 0 Å². The van der Waals surface area contributed by atoms with Gasteiger partial charge in [0.2, 0.25) is 5.78 Å². The third kappa shape index (κ3) is 3.97. The average Bonchev–Trinajstić information content (AvgIpc) is 3.43. The molecule has 0 aliphatic carbocycles. The zero-order chi connectivity index (χ0) is 25.4. The van der Waals surface area contributed by atoms with Crippen LogP contribution in [0.2, 0.25) is 5.02 Å². The topological polar surface area (TPSA) is 89.2 Å².